The van der Waals surface area contributed by atoms with Gasteiger partial charge in [-0.3, -0.25) is 4.57 Å². The number of nitrogens with two attached hydrogens (primary N) is 1. The Hall–Kier alpha value is -4.35. The molecule has 7 aromatic rings. The van der Waals surface area contributed by atoms with Gasteiger partial charge in [-0.25, -0.2) is 4.98 Å². The summed E-state index contributed by atoms with van der Waals surface area (Å²) in [5.41, 5.74) is 10.1. The van der Waals surface area contributed by atoms with Crippen molar-refractivity contribution in [3.05, 3.63) is 103 Å². The lowest BCUT2D eigenvalue weighted by Crippen LogP contribution is -2.12. The number of hydrogen-bond acceptors (Lipinski definition) is 4. The smallest absolute Gasteiger partial charge is 0.137 e. The second-order valence-electron chi connectivity index (χ2n) is 10.8. The van der Waals surface area contributed by atoms with E-state index in [-0.39, 0.29) is 5.41 Å². The lowest BCUT2D eigenvalue weighted by atomic mass is 9.88. The van der Waals surface area contributed by atoms with E-state index >= 15 is 0 Å². The predicted molar refractivity (Wildman–Crippen MR) is 161 cm³/mol. The number of nitrogen functional groups attached to an aromatic ring is 1. The van der Waals surface area contributed by atoms with Gasteiger partial charge in [-0.15, -0.1) is 11.3 Å². The Labute approximate surface area is 224 Å². The first kappa shape index (κ1) is 22.8. The highest BCUT2D eigenvalue weighted by Crippen LogP contribution is 2.44. The Bertz CT molecular complexity index is 2010. The van der Waals surface area contributed by atoms with Gasteiger partial charge in [-0.1, -0.05) is 51.1 Å². The number of thiophene rings is 1. The Morgan fingerprint density at radius 1 is 0.763 bits per heavy atom. The molecule has 3 aromatic heterocycles. The number of pyridine rings is 1. The maximum absolute atomic E-state index is 6.26. The SMILES string of the molecule is CC(C)(C)c1ccnc(-n2c3cc(Oc4cccc(N)c4)ccc3c3c4sc5ccccc5c4ccc32)c1. The fourth-order valence-electron chi connectivity index (χ4n) is 5.29. The monoisotopic (exact) mass is 513 g/mol. The zero-order valence-corrected chi connectivity index (χ0v) is 22.3. The topological polar surface area (TPSA) is 53.1 Å². The minimum Gasteiger partial charge on any atom is -0.457 e. The molecule has 0 atom stereocenters. The van der Waals surface area contributed by atoms with Gasteiger partial charge < -0.3 is 10.5 Å². The van der Waals surface area contributed by atoms with Crippen molar-refractivity contribution < 1.29 is 4.74 Å². The lowest BCUT2D eigenvalue weighted by molar-refractivity contribution is 0.483. The molecule has 3 heterocycles. The average Bonchev–Trinajstić information content (AvgIpc) is 3.43. The van der Waals surface area contributed by atoms with E-state index in [2.05, 4.69) is 86.0 Å². The third-order valence-electron chi connectivity index (χ3n) is 7.18. The molecule has 4 nitrogen and oxygen atoms in total. The molecule has 0 amide bonds. The maximum atomic E-state index is 6.26. The molecule has 0 aliphatic heterocycles. The van der Waals surface area contributed by atoms with Crippen molar-refractivity contribution in [2.75, 3.05) is 5.73 Å². The fourth-order valence-corrected chi connectivity index (χ4v) is 6.55. The first-order chi connectivity index (χ1) is 18.4. The highest BCUT2D eigenvalue weighted by Gasteiger charge is 2.20. The third kappa shape index (κ3) is 3.62. The first-order valence-electron chi connectivity index (χ1n) is 12.8. The van der Waals surface area contributed by atoms with Crippen LogP contribution in [0.2, 0.25) is 0 Å². The molecule has 5 heteroatoms. The molecule has 4 aromatic carbocycles. The molecule has 186 valence electrons. The van der Waals surface area contributed by atoms with Crippen molar-refractivity contribution in [2.45, 2.75) is 26.2 Å². The van der Waals surface area contributed by atoms with Crippen molar-refractivity contribution in [3.8, 4) is 17.3 Å². The van der Waals surface area contributed by atoms with Gasteiger partial charge >= 0.3 is 0 Å². The summed E-state index contributed by atoms with van der Waals surface area (Å²) in [7, 11) is 0. The molecule has 7 rings (SSSR count). The molecule has 0 saturated heterocycles. The normalized spacial score (nSPS) is 12.2. The van der Waals surface area contributed by atoms with Crippen LogP contribution in [0.4, 0.5) is 5.69 Å². The van der Waals surface area contributed by atoms with Crippen LogP contribution in [0.1, 0.15) is 26.3 Å². The Morgan fingerprint density at radius 3 is 2.42 bits per heavy atom. The summed E-state index contributed by atoms with van der Waals surface area (Å²) in [6.07, 6.45) is 1.92. The molecule has 0 radical (unpaired) electrons. The minimum atomic E-state index is 0.0106. The zero-order valence-electron chi connectivity index (χ0n) is 21.5. The van der Waals surface area contributed by atoms with Crippen LogP contribution in [0.25, 0.3) is 47.8 Å². The van der Waals surface area contributed by atoms with Gasteiger partial charge in [0, 0.05) is 55.0 Å². The second kappa shape index (κ2) is 8.33. The standard InChI is InChI=1S/C33H27N3OS/c1-33(2,3)20-15-16-35-30(17-20)36-27-14-13-25-24-9-4-5-10-29(24)38-32(25)31(27)26-12-11-23(19-28(26)36)37-22-8-6-7-21(34)18-22/h4-19H,34H2,1-3H3. The van der Waals surface area contributed by atoms with Crippen LogP contribution >= 0.6 is 11.3 Å². The summed E-state index contributed by atoms with van der Waals surface area (Å²) in [4.78, 5) is 4.85. The minimum absolute atomic E-state index is 0.0106. The lowest BCUT2D eigenvalue weighted by Gasteiger charge is -2.20. The summed E-state index contributed by atoms with van der Waals surface area (Å²) in [5, 5.41) is 5.01. The van der Waals surface area contributed by atoms with Gasteiger partial charge in [-0.2, -0.15) is 0 Å². The first-order valence-corrected chi connectivity index (χ1v) is 13.6. The van der Waals surface area contributed by atoms with Crippen molar-refractivity contribution >= 4 is 59.0 Å². The Balaban J connectivity index is 1.55. The quantitative estimate of drug-likeness (QED) is 0.240. The zero-order chi connectivity index (χ0) is 26.0. The van der Waals surface area contributed by atoms with Crippen LogP contribution in [-0.2, 0) is 5.41 Å². The molecule has 0 saturated carbocycles. The summed E-state index contributed by atoms with van der Waals surface area (Å²) >= 11 is 1.85. The largest absolute Gasteiger partial charge is 0.457 e. The van der Waals surface area contributed by atoms with E-state index < -0.39 is 0 Å². The molecule has 0 aliphatic carbocycles. The van der Waals surface area contributed by atoms with Gasteiger partial charge in [0.15, 0.2) is 0 Å². The maximum Gasteiger partial charge on any atom is 0.137 e. The molecule has 0 spiro atoms. The van der Waals surface area contributed by atoms with Crippen LogP contribution in [-0.4, -0.2) is 9.55 Å². The predicted octanol–water partition coefficient (Wildman–Crippen LogP) is 9.22. The summed E-state index contributed by atoms with van der Waals surface area (Å²) in [6, 6.07) is 31.3. The number of hydrogen-bond donors (Lipinski definition) is 1. The van der Waals surface area contributed by atoms with Crippen molar-refractivity contribution in [1.29, 1.82) is 0 Å². The highest BCUT2D eigenvalue weighted by molar-refractivity contribution is 7.26. The molecule has 0 bridgehead atoms. The van der Waals surface area contributed by atoms with E-state index in [1.807, 2.05) is 47.9 Å². The van der Waals surface area contributed by atoms with Crippen LogP contribution in [0, 0.1) is 0 Å². The number of benzene rings is 4. The van der Waals surface area contributed by atoms with E-state index in [9.17, 15) is 0 Å². The van der Waals surface area contributed by atoms with E-state index in [0.29, 0.717) is 11.4 Å². The molecule has 38 heavy (non-hydrogen) atoms. The number of nitrogens with zero attached hydrogens (tertiary/aromatic N) is 2. The van der Waals surface area contributed by atoms with Crippen LogP contribution in [0.5, 0.6) is 11.5 Å². The number of ether oxygens (including phenoxy) is 1. The molecule has 0 unspecified atom stereocenters. The Morgan fingerprint density at radius 2 is 1.58 bits per heavy atom. The average molecular weight is 514 g/mol. The van der Waals surface area contributed by atoms with E-state index in [0.717, 1.165) is 22.6 Å². The summed E-state index contributed by atoms with van der Waals surface area (Å²) in [6.45, 7) is 6.70. The van der Waals surface area contributed by atoms with Gasteiger partial charge in [-0.05, 0) is 59.5 Å². The molecular formula is C33H27N3OS. The highest BCUT2D eigenvalue weighted by atomic mass is 32.1. The van der Waals surface area contributed by atoms with Crippen LogP contribution in [0.15, 0.2) is 97.2 Å². The summed E-state index contributed by atoms with van der Waals surface area (Å²) in [5.74, 6) is 2.37. The van der Waals surface area contributed by atoms with E-state index in [1.165, 1.54) is 36.5 Å². The van der Waals surface area contributed by atoms with Gasteiger partial charge in [0.1, 0.15) is 17.3 Å². The number of rotatable bonds is 3. The van der Waals surface area contributed by atoms with Crippen molar-refractivity contribution in [2.24, 2.45) is 0 Å². The number of aromatic nitrogens is 2. The van der Waals surface area contributed by atoms with Crippen molar-refractivity contribution in [1.82, 2.24) is 9.55 Å². The molecule has 2 N–H and O–H groups in total. The molecule has 0 fully saturated rings. The number of anilines is 1. The van der Waals surface area contributed by atoms with E-state index in [4.69, 9.17) is 15.5 Å². The number of fused-ring (bicyclic) bond motifs is 7. The van der Waals surface area contributed by atoms with E-state index in [1.54, 1.807) is 0 Å². The fraction of sp³-hybridized carbons (Fsp3) is 0.121. The van der Waals surface area contributed by atoms with Gasteiger partial charge in [0.05, 0.1) is 11.0 Å². The summed E-state index contributed by atoms with van der Waals surface area (Å²) < 4.78 is 11.1. The van der Waals surface area contributed by atoms with Crippen LogP contribution in [0.3, 0.4) is 0 Å². The molecular weight excluding hydrogens is 486 g/mol. The molecule has 0 aliphatic rings. The van der Waals surface area contributed by atoms with Gasteiger partial charge in [0.2, 0.25) is 0 Å². The third-order valence-corrected chi connectivity index (χ3v) is 8.38. The second-order valence-corrected chi connectivity index (χ2v) is 11.8. The van der Waals surface area contributed by atoms with Crippen LogP contribution < -0.4 is 10.5 Å². The van der Waals surface area contributed by atoms with Gasteiger partial charge in [0.25, 0.3) is 0 Å². The Kier molecular flexibility index (Phi) is 5.00. The van der Waals surface area contributed by atoms with Crippen molar-refractivity contribution in [3.63, 3.8) is 0 Å².